The first-order valence-electron chi connectivity index (χ1n) is 11.5. The second-order valence-electron chi connectivity index (χ2n) is 8.69. The summed E-state index contributed by atoms with van der Waals surface area (Å²) in [5.41, 5.74) is 6.48. The van der Waals surface area contributed by atoms with Crippen molar-refractivity contribution in [1.82, 2.24) is 5.32 Å². The van der Waals surface area contributed by atoms with Crippen molar-refractivity contribution in [3.05, 3.63) is 89.5 Å². The van der Waals surface area contributed by atoms with Crippen LogP contribution in [-0.2, 0) is 9.53 Å². The third-order valence-corrected chi connectivity index (χ3v) is 6.43. The number of carbonyl (C=O) groups is 2. The first kappa shape index (κ1) is 22.6. The van der Waals surface area contributed by atoms with E-state index in [2.05, 4.69) is 34.9 Å². The number of ether oxygens (including phenoxy) is 1. The van der Waals surface area contributed by atoms with Gasteiger partial charge in [-0.25, -0.2) is 4.79 Å². The molecule has 1 aliphatic rings. The van der Waals surface area contributed by atoms with Crippen LogP contribution < -0.4 is 10.6 Å². The van der Waals surface area contributed by atoms with Gasteiger partial charge in [0.2, 0.25) is 5.91 Å². The van der Waals surface area contributed by atoms with Gasteiger partial charge in [0.15, 0.2) is 0 Å². The highest BCUT2D eigenvalue weighted by molar-refractivity contribution is 5.96. The predicted molar refractivity (Wildman–Crippen MR) is 131 cm³/mol. The summed E-state index contributed by atoms with van der Waals surface area (Å²) in [5, 5.41) is 5.70. The van der Waals surface area contributed by atoms with Gasteiger partial charge in [0.25, 0.3) is 0 Å². The zero-order valence-corrected chi connectivity index (χ0v) is 19.3. The van der Waals surface area contributed by atoms with E-state index < -0.39 is 12.1 Å². The topological polar surface area (TPSA) is 67.4 Å². The van der Waals surface area contributed by atoms with Crippen molar-refractivity contribution in [2.24, 2.45) is 5.92 Å². The largest absolute Gasteiger partial charge is 0.449 e. The third-order valence-electron chi connectivity index (χ3n) is 6.43. The van der Waals surface area contributed by atoms with E-state index in [-0.39, 0.29) is 24.3 Å². The van der Waals surface area contributed by atoms with E-state index >= 15 is 0 Å². The maximum atomic E-state index is 12.9. The van der Waals surface area contributed by atoms with Gasteiger partial charge in [-0.2, -0.15) is 0 Å². The van der Waals surface area contributed by atoms with Crippen molar-refractivity contribution < 1.29 is 14.3 Å². The van der Waals surface area contributed by atoms with Crippen LogP contribution in [0.15, 0.2) is 72.8 Å². The van der Waals surface area contributed by atoms with Crippen LogP contribution in [0.5, 0.6) is 0 Å². The van der Waals surface area contributed by atoms with Gasteiger partial charge in [0.1, 0.15) is 12.6 Å². The Labute approximate surface area is 195 Å². The number of amides is 2. The first-order valence-corrected chi connectivity index (χ1v) is 11.5. The molecule has 0 saturated carbocycles. The van der Waals surface area contributed by atoms with Crippen LogP contribution in [0.25, 0.3) is 11.1 Å². The summed E-state index contributed by atoms with van der Waals surface area (Å²) in [6, 6.07) is 23.3. The summed E-state index contributed by atoms with van der Waals surface area (Å²) in [7, 11) is 0. The average molecular weight is 443 g/mol. The van der Waals surface area contributed by atoms with Crippen molar-refractivity contribution in [3.8, 4) is 11.1 Å². The number of anilines is 1. The quantitative estimate of drug-likeness (QED) is 0.480. The number of hydrogen-bond acceptors (Lipinski definition) is 3. The molecular formula is C28H30N2O3. The van der Waals surface area contributed by atoms with Crippen LogP contribution >= 0.6 is 0 Å². The Morgan fingerprint density at radius 2 is 1.48 bits per heavy atom. The van der Waals surface area contributed by atoms with Crippen molar-refractivity contribution in [2.75, 3.05) is 11.9 Å². The molecule has 0 fully saturated rings. The number of nitrogens with one attached hydrogen (secondary N) is 2. The number of benzene rings is 3. The van der Waals surface area contributed by atoms with Crippen molar-refractivity contribution in [2.45, 2.75) is 39.2 Å². The van der Waals surface area contributed by atoms with Gasteiger partial charge in [-0.05, 0) is 47.2 Å². The smallest absolute Gasteiger partial charge is 0.407 e. The lowest BCUT2D eigenvalue weighted by Crippen LogP contribution is -2.48. The van der Waals surface area contributed by atoms with Gasteiger partial charge in [-0.15, -0.1) is 0 Å². The van der Waals surface area contributed by atoms with E-state index in [1.165, 1.54) is 11.1 Å². The Hall–Kier alpha value is -3.60. The minimum Gasteiger partial charge on any atom is -0.449 e. The lowest BCUT2D eigenvalue weighted by atomic mass is 9.98. The Morgan fingerprint density at radius 1 is 0.909 bits per heavy atom. The molecule has 0 aromatic heterocycles. The van der Waals surface area contributed by atoms with Crippen molar-refractivity contribution in [1.29, 1.82) is 0 Å². The molecule has 0 bridgehead atoms. The summed E-state index contributed by atoms with van der Waals surface area (Å²) in [6.07, 6.45) is 0.163. The fourth-order valence-corrected chi connectivity index (χ4v) is 4.33. The highest BCUT2D eigenvalue weighted by atomic mass is 16.5. The molecule has 33 heavy (non-hydrogen) atoms. The molecular weight excluding hydrogens is 412 g/mol. The highest BCUT2D eigenvalue weighted by Gasteiger charge is 2.30. The maximum Gasteiger partial charge on any atom is 0.407 e. The zero-order valence-electron chi connectivity index (χ0n) is 19.3. The first-order chi connectivity index (χ1) is 16.0. The van der Waals surface area contributed by atoms with Gasteiger partial charge in [0, 0.05) is 11.6 Å². The van der Waals surface area contributed by atoms with Crippen molar-refractivity contribution >= 4 is 17.7 Å². The molecule has 4 rings (SSSR count). The molecule has 2 amide bonds. The van der Waals surface area contributed by atoms with Gasteiger partial charge in [-0.3, -0.25) is 4.79 Å². The Kier molecular flexibility index (Phi) is 6.78. The minimum atomic E-state index is -0.688. The van der Waals surface area contributed by atoms with E-state index in [4.69, 9.17) is 4.74 Å². The number of carbonyl (C=O) groups excluding carboxylic acids is 2. The standard InChI is InChI=1S/C28H30N2O3/c1-4-19(3)26(27(31)29-20-15-13-18(2)14-16-20)30-28(32)33-17-25-23-11-7-5-9-21(23)22-10-6-8-12-24(22)25/h5-16,19,25-26H,4,17H2,1-3H3,(H,29,31)(H,30,32)/t19-,26+/m0/s1. The SMILES string of the molecule is CC[C@H](C)[C@@H](NC(=O)OCC1c2ccccc2-c2ccccc21)C(=O)Nc1ccc(C)cc1. The zero-order chi connectivity index (χ0) is 23.4. The third kappa shape index (κ3) is 4.92. The summed E-state index contributed by atoms with van der Waals surface area (Å²) in [6.45, 7) is 6.15. The monoisotopic (exact) mass is 442 g/mol. The molecule has 5 heteroatoms. The summed E-state index contributed by atoms with van der Waals surface area (Å²) in [4.78, 5) is 25.7. The molecule has 0 aliphatic heterocycles. The fourth-order valence-electron chi connectivity index (χ4n) is 4.33. The molecule has 3 aromatic carbocycles. The lowest BCUT2D eigenvalue weighted by Gasteiger charge is -2.24. The molecule has 2 atom stereocenters. The fraction of sp³-hybridized carbons (Fsp3) is 0.286. The van der Waals surface area contributed by atoms with E-state index in [0.717, 1.165) is 23.1 Å². The van der Waals surface area contributed by atoms with E-state index in [1.807, 2.05) is 69.3 Å². The molecule has 0 unspecified atom stereocenters. The van der Waals surface area contributed by atoms with E-state index in [9.17, 15) is 9.59 Å². The van der Waals surface area contributed by atoms with Crippen LogP contribution in [0.3, 0.4) is 0 Å². The molecule has 5 nitrogen and oxygen atoms in total. The lowest BCUT2D eigenvalue weighted by molar-refractivity contribution is -0.119. The predicted octanol–water partition coefficient (Wildman–Crippen LogP) is 5.89. The average Bonchev–Trinajstić information content (AvgIpc) is 3.16. The van der Waals surface area contributed by atoms with Crippen molar-refractivity contribution in [3.63, 3.8) is 0 Å². The van der Waals surface area contributed by atoms with Gasteiger partial charge in [-0.1, -0.05) is 86.5 Å². The van der Waals surface area contributed by atoms with Crippen LogP contribution in [0.4, 0.5) is 10.5 Å². The summed E-state index contributed by atoms with van der Waals surface area (Å²) < 4.78 is 5.65. The molecule has 0 heterocycles. The normalized spacial score (nSPS) is 14.0. The molecule has 0 saturated heterocycles. The van der Waals surface area contributed by atoms with Gasteiger partial charge < -0.3 is 15.4 Å². The molecule has 0 spiro atoms. The van der Waals surface area contributed by atoms with E-state index in [0.29, 0.717) is 5.69 Å². The second kappa shape index (κ2) is 9.90. The maximum absolute atomic E-state index is 12.9. The Balaban J connectivity index is 1.43. The molecule has 0 radical (unpaired) electrons. The molecule has 2 N–H and O–H groups in total. The summed E-state index contributed by atoms with van der Waals surface area (Å²) >= 11 is 0. The Morgan fingerprint density at radius 3 is 2.06 bits per heavy atom. The van der Waals surface area contributed by atoms with Crippen LogP contribution in [-0.4, -0.2) is 24.6 Å². The number of hydrogen-bond donors (Lipinski definition) is 2. The van der Waals surface area contributed by atoms with Gasteiger partial charge >= 0.3 is 6.09 Å². The number of rotatable bonds is 7. The number of fused-ring (bicyclic) bond motifs is 3. The Bertz CT molecular complexity index is 1090. The van der Waals surface area contributed by atoms with Crippen LogP contribution in [0, 0.1) is 12.8 Å². The number of aryl methyl sites for hydroxylation is 1. The van der Waals surface area contributed by atoms with Crippen LogP contribution in [0.2, 0.25) is 0 Å². The summed E-state index contributed by atoms with van der Waals surface area (Å²) in [5.74, 6) is -0.316. The second-order valence-corrected chi connectivity index (χ2v) is 8.69. The minimum absolute atomic E-state index is 0.0217. The molecule has 3 aromatic rings. The van der Waals surface area contributed by atoms with E-state index in [1.54, 1.807) is 0 Å². The van der Waals surface area contributed by atoms with Gasteiger partial charge in [0.05, 0.1) is 0 Å². The highest BCUT2D eigenvalue weighted by Crippen LogP contribution is 2.44. The number of alkyl carbamates (subject to hydrolysis) is 1. The van der Waals surface area contributed by atoms with Crippen LogP contribution in [0.1, 0.15) is 42.9 Å². The molecule has 170 valence electrons. The molecule has 1 aliphatic carbocycles.